The van der Waals surface area contributed by atoms with Crippen molar-refractivity contribution in [3.63, 3.8) is 0 Å². The van der Waals surface area contributed by atoms with Crippen LogP contribution in [0, 0.1) is 5.82 Å². The van der Waals surface area contributed by atoms with Crippen LogP contribution in [0.15, 0.2) is 55.0 Å². The van der Waals surface area contributed by atoms with Crippen molar-refractivity contribution < 1.29 is 9.13 Å². The highest BCUT2D eigenvalue weighted by Crippen LogP contribution is 2.27. The third kappa shape index (κ3) is 5.34. The number of fused-ring (bicyclic) bond motifs is 1. The first-order valence-corrected chi connectivity index (χ1v) is 13.0. The smallest absolute Gasteiger partial charge is 0.223 e. The number of ether oxygens (including phenoxy) is 1. The Hall–Kier alpha value is -3.40. The van der Waals surface area contributed by atoms with Crippen LogP contribution in [0.25, 0.3) is 28.2 Å². The number of morpholine rings is 1. The zero-order chi connectivity index (χ0) is 25.2. The second kappa shape index (κ2) is 10.5. The van der Waals surface area contributed by atoms with E-state index in [9.17, 15) is 4.39 Å². The minimum absolute atomic E-state index is 0.232. The van der Waals surface area contributed by atoms with Crippen molar-refractivity contribution in [1.29, 1.82) is 0 Å². The monoisotopic (exact) mass is 501 g/mol. The highest BCUT2D eigenvalue weighted by Gasteiger charge is 2.21. The van der Waals surface area contributed by atoms with E-state index in [2.05, 4.69) is 49.4 Å². The standard InChI is InChI=1S/C28H32FN7O/c29-24-15-32-28(33-23-8-6-22(30)7-9-23)34-27(24)25-16-31-26-10-5-21(18-36(25)26)20-3-1-19(2-4-20)17-35-11-13-37-14-12-35/h1-5,10,15-16,18,22-23H,6-9,11-14,17,30H2,(H,32,33,34). The average Bonchev–Trinajstić information content (AvgIpc) is 3.35. The number of aromatic nitrogens is 4. The predicted octanol–water partition coefficient (Wildman–Crippen LogP) is 4.11. The Balaban J connectivity index is 1.24. The Labute approximate surface area is 215 Å². The van der Waals surface area contributed by atoms with E-state index in [1.54, 1.807) is 6.20 Å². The van der Waals surface area contributed by atoms with Crippen molar-refractivity contribution in [2.75, 3.05) is 31.6 Å². The van der Waals surface area contributed by atoms with Crippen LogP contribution < -0.4 is 11.1 Å². The van der Waals surface area contributed by atoms with Crippen molar-refractivity contribution in [1.82, 2.24) is 24.3 Å². The van der Waals surface area contributed by atoms with Crippen molar-refractivity contribution >= 4 is 11.6 Å². The fourth-order valence-electron chi connectivity index (χ4n) is 5.21. The van der Waals surface area contributed by atoms with Crippen LogP contribution in [0.1, 0.15) is 31.2 Å². The van der Waals surface area contributed by atoms with Crippen LogP contribution in [0.4, 0.5) is 10.3 Å². The Kier molecular flexibility index (Phi) is 6.82. The van der Waals surface area contributed by atoms with E-state index >= 15 is 0 Å². The van der Waals surface area contributed by atoms with Gasteiger partial charge in [-0.2, -0.15) is 0 Å². The van der Waals surface area contributed by atoms with Crippen molar-refractivity contribution in [3.05, 3.63) is 66.4 Å². The third-order valence-corrected chi connectivity index (χ3v) is 7.39. The summed E-state index contributed by atoms with van der Waals surface area (Å²) in [4.78, 5) is 15.6. The normalized spacial score (nSPS) is 20.8. The topological polar surface area (TPSA) is 93.6 Å². The molecule has 4 aromatic rings. The first kappa shape index (κ1) is 24.0. The maximum atomic E-state index is 14.9. The van der Waals surface area contributed by atoms with Gasteiger partial charge in [0.1, 0.15) is 11.3 Å². The summed E-state index contributed by atoms with van der Waals surface area (Å²) in [6.45, 7) is 4.45. The molecule has 37 heavy (non-hydrogen) atoms. The molecule has 8 nitrogen and oxygen atoms in total. The lowest BCUT2D eigenvalue weighted by Crippen LogP contribution is -2.35. The van der Waals surface area contributed by atoms with Crippen LogP contribution in [-0.2, 0) is 11.3 Å². The van der Waals surface area contributed by atoms with Gasteiger partial charge >= 0.3 is 0 Å². The Morgan fingerprint density at radius 1 is 0.946 bits per heavy atom. The Bertz CT molecular complexity index is 1360. The van der Waals surface area contributed by atoms with Crippen LogP contribution in [0.2, 0.25) is 0 Å². The predicted molar refractivity (Wildman–Crippen MR) is 142 cm³/mol. The third-order valence-electron chi connectivity index (χ3n) is 7.39. The summed E-state index contributed by atoms with van der Waals surface area (Å²) >= 11 is 0. The lowest BCUT2D eigenvalue weighted by molar-refractivity contribution is 0.0342. The van der Waals surface area contributed by atoms with E-state index in [4.69, 9.17) is 10.5 Å². The molecule has 1 aliphatic carbocycles. The Morgan fingerprint density at radius 2 is 1.70 bits per heavy atom. The van der Waals surface area contributed by atoms with E-state index in [0.717, 1.165) is 75.3 Å². The number of imidazole rings is 1. The molecule has 2 fully saturated rings. The summed E-state index contributed by atoms with van der Waals surface area (Å²) < 4.78 is 22.3. The van der Waals surface area contributed by atoms with Gasteiger partial charge in [-0.05, 0) is 54.5 Å². The highest BCUT2D eigenvalue weighted by molar-refractivity contribution is 5.68. The van der Waals surface area contributed by atoms with E-state index < -0.39 is 5.82 Å². The first-order valence-electron chi connectivity index (χ1n) is 13.0. The summed E-state index contributed by atoms with van der Waals surface area (Å²) in [6.07, 6.45) is 8.75. The zero-order valence-corrected chi connectivity index (χ0v) is 20.8. The molecule has 6 rings (SSSR count). The molecular weight excluding hydrogens is 469 g/mol. The van der Waals surface area contributed by atoms with Crippen molar-refractivity contribution in [3.8, 4) is 22.5 Å². The molecule has 0 atom stereocenters. The fourth-order valence-corrected chi connectivity index (χ4v) is 5.21. The number of halogens is 1. The summed E-state index contributed by atoms with van der Waals surface area (Å²) in [5.41, 5.74) is 11.0. The maximum absolute atomic E-state index is 14.9. The fraction of sp³-hybridized carbons (Fsp3) is 0.393. The number of benzene rings is 1. The molecule has 1 saturated carbocycles. The van der Waals surface area contributed by atoms with Gasteiger partial charge < -0.3 is 15.8 Å². The second-order valence-corrected chi connectivity index (χ2v) is 10.0. The molecule has 1 aliphatic heterocycles. The van der Waals surface area contributed by atoms with E-state index in [0.29, 0.717) is 11.6 Å². The quantitative estimate of drug-likeness (QED) is 0.411. The molecule has 4 heterocycles. The molecule has 192 valence electrons. The van der Waals surface area contributed by atoms with Crippen LogP contribution in [0.3, 0.4) is 0 Å². The molecule has 0 spiro atoms. The molecule has 2 aliphatic rings. The lowest BCUT2D eigenvalue weighted by atomic mass is 9.92. The number of nitrogens with one attached hydrogen (secondary N) is 1. The van der Waals surface area contributed by atoms with Crippen molar-refractivity contribution in [2.45, 2.75) is 44.3 Å². The van der Waals surface area contributed by atoms with Gasteiger partial charge in [0.25, 0.3) is 0 Å². The zero-order valence-electron chi connectivity index (χ0n) is 20.8. The van der Waals surface area contributed by atoms with Gasteiger partial charge in [-0.3, -0.25) is 9.30 Å². The molecule has 1 aromatic carbocycles. The summed E-state index contributed by atoms with van der Waals surface area (Å²) in [5.74, 6) is -0.0466. The molecule has 1 saturated heterocycles. The van der Waals surface area contributed by atoms with Gasteiger partial charge in [-0.25, -0.2) is 19.3 Å². The average molecular weight is 502 g/mol. The molecule has 0 radical (unpaired) electrons. The number of rotatable bonds is 6. The number of hydrogen-bond acceptors (Lipinski definition) is 7. The lowest BCUT2D eigenvalue weighted by Gasteiger charge is -2.26. The Morgan fingerprint density at radius 3 is 2.49 bits per heavy atom. The SMILES string of the molecule is NC1CCC(Nc2ncc(F)c(-c3cnc4ccc(-c5ccc(CN6CCOCC6)cc5)cn34)n2)CC1. The molecule has 9 heteroatoms. The maximum Gasteiger partial charge on any atom is 0.223 e. The molecule has 3 aromatic heterocycles. The molecule has 0 unspecified atom stereocenters. The largest absolute Gasteiger partial charge is 0.379 e. The van der Waals surface area contributed by atoms with Gasteiger partial charge in [0.15, 0.2) is 5.82 Å². The minimum atomic E-state index is -0.476. The number of anilines is 1. The summed E-state index contributed by atoms with van der Waals surface area (Å²) in [5, 5.41) is 3.37. The van der Waals surface area contributed by atoms with Gasteiger partial charge in [0.05, 0.1) is 31.3 Å². The summed E-state index contributed by atoms with van der Waals surface area (Å²) in [7, 11) is 0. The van der Waals surface area contributed by atoms with Crippen LogP contribution in [0.5, 0.6) is 0 Å². The van der Waals surface area contributed by atoms with E-state index in [1.165, 1.54) is 11.8 Å². The molecule has 3 N–H and O–H groups in total. The minimum Gasteiger partial charge on any atom is -0.379 e. The molecule has 0 amide bonds. The number of nitrogens with two attached hydrogens (primary N) is 1. The highest BCUT2D eigenvalue weighted by atomic mass is 19.1. The van der Waals surface area contributed by atoms with Crippen LogP contribution >= 0.6 is 0 Å². The van der Waals surface area contributed by atoms with E-state index in [1.807, 2.05) is 22.7 Å². The van der Waals surface area contributed by atoms with Gasteiger partial charge in [-0.15, -0.1) is 0 Å². The van der Waals surface area contributed by atoms with Gasteiger partial charge in [0.2, 0.25) is 5.95 Å². The summed E-state index contributed by atoms with van der Waals surface area (Å²) in [6, 6.07) is 13.1. The second-order valence-electron chi connectivity index (χ2n) is 10.0. The first-order chi connectivity index (χ1) is 18.1. The molecule has 0 bridgehead atoms. The van der Waals surface area contributed by atoms with Gasteiger partial charge in [0, 0.05) is 37.9 Å². The number of pyridine rings is 1. The molecular formula is C28H32FN7O. The number of hydrogen-bond donors (Lipinski definition) is 2. The number of nitrogens with zero attached hydrogens (tertiary/aromatic N) is 5. The van der Waals surface area contributed by atoms with Crippen LogP contribution in [-0.4, -0.2) is 62.6 Å². The van der Waals surface area contributed by atoms with Crippen molar-refractivity contribution in [2.24, 2.45) is 5.73 Å². The van der Waals surface area contributed by atoms with E-state index in [-0.39, 0.29) is 17.8 Å². The van der Waals surface area contributed by atoms with Gasteiger partial charge in [-0.1, -0.05) is 24.3 Å².